The molecule has 7 heteroatoms. The van der Waals surface area contributed by atoms with Gasteiger partial charge in [0.25, 0.3) is 0 Å². The zero-order valence-electron chi connectivity index (χ0n) is 12.9. The highest BCUT2D eigenvalue weighted by Crippen LogP contribution is 2.33. The Labute approximate surface area is 155 Å². The van der Waals surface area contributed by atoms with Crippen molar-refractivity contribution in [3.63, 3.8) is 0 Å². The number of alkyl halides is 3. The van der Waals surface area contributed by atoms with Gasteiger partial charge in [-0.25, -0.2) is 9.97 Å². The molecule has 0 aliphatic heterocycles. The van der Waals surface area contributed by atoms with E-state index in [0.29, 0.717) is 16.1 Å². The summed E-state index contributed by atoms with van der Waals surface area (Å²) < 4.78 is 40.6. The molecule has 128 valence electrons. The Kier molecular flexibility index (Phi) is 4.84. The van der Waals surface area contributed by atoms with Crippen molar-refractivity contribution in [1.29, 1.82) is 0 Å². The van der Waals surface area contributed by atoms with Gasteiger partial charge in [-0.15, -0.1) is 0 Å². The molecule has 0 fully saturated rings. The van der Waals surface area contributed by atoms with Crippen molar-refractivity contribution in [3.8, 4) is 22.6 Å². The normalized spacial score (nSPS) is 11.6. The van der Waals surface area contributed by atoms with Crippen LogP contribution in [0.5, 0.6) is 0 Å². The van der Waals surface area contributed by atoms with Gasteiger partial charge >= 0.3 is 6.18 Å². The van der Waals surface area contributed by atoms with Gasteiger partial charge in [-0.2, -0.15) is 13.2 Å². The summed E-state index contributed by atoms with van der Waals surface area (Å²) in [6.45, 7) is 1.78. The highest BCUT2D eigenvalue weighted by atomic mass is 79.9. The van der Waals surface area contributed by atoms with Crippen LogP contribution in [0.4, 0.5) is 13.2 Å². The van der Waals surface area contributed by atoms with Crippen LogP contribution < -0.4 is 0 Å². The van der Waals surface area contributed by atoms with Crippen LogP contribution in [0.2, 0.25) is 5.02 Å². The van der Waals surface area contributed by atoms with E-state index in [2.05, 4.69) is 25.9 Å². The van der Waals surface area contributed by atoms with E-state index in [1.54, 1.807) is 49.4 Å². The zero-order chi connectivity index (χ0) is 18.2. The molecule has 1 aromatic heterocycles. The van der Waals surface area contributed by atoms with Gasteiger partial charge in [0.05, 0.1) is 5.69 Å². The Bertz CT molecular complexity index is 942. The highest BCUT2D eigenvalue weighted by molar-refractivity contribution is 9.10. The lowest BCUT2D eigenvalue weighted by Crippen LogP contribution is -2.10. The van der Waals surface area contributed by atoms with Crippen molar-refractivity contribution in [2.24, 2.45) is 0 Å². The highest BCUT2D eigenvalue weighted by Gasteiger charge is 2.34. The molecule has 2 aromatic carbocycles. The average molecular weight is 428 g/mol. The van der Waals surface area contributed by atoms with Crippen LogP contribution >= 0.6 is 27.5 Å². The molecule has 3 rings (SSSR count). The van der Waals surface area contributed by atoms with Crippen LogP contribution in [-0.4, -0.2) is 9.97 Å². The number of rotatable bonds is 2. The number of benzene rings is 2. The molecule has 0 N–H and O–H groups in total. The fourth-order valence-electron chi connectivity index (χ4n) is 2.30. The van der Waals surface area contributed by atoms with E-state index < -0.39 is 11.9 Å². The number of halogens is 5. The van der Waals surface area contributed by atoms with Crippen LogP contribution in [0.3, 0.4) is 0 Å². The predicted octanol–water partition coefficient (Wildman–Crippen LogP) is 6.55. The third-order valence-corrected chi connectivity index (χ3v) is 4.47. The molecule has 2 nitrogen and oxygen atoms in total. The standard InChI is InChI=1S/C18H11BrClF3N2/c1-10-7-11(5-6-14(10)20)15-9-16(18(21,22)23)25-17(24-15)12-3-2-4-13(19)8-12/h2-9H,1H3. The summed E-state index contributed by atoms with van der Waals surface area (Å²) in [5.74, 6) is 0.0127. The van der Waals surface area contributed by atoms with E-state index in [4.69, 9.17) is 11.6 Å². The number of hydrogen-bond acceptors (Lipinski definition) is 2. The van der Waals surface area contributed by atoms with Crippen LogP contribution in [0, 0.1) is 6.92 Å². The minimum atomic E-state index is -4.57. The first-order chi connectivity index (χ1) is 11.7. The summed E-state index contributed by atoms with van der Waals surface area (Å²) in [5.41, 5.74) is 1.01. The molecule has 3 aromatic rings. The summed E-state index contributed by atoms with van der Waals surface area (Å²) in [7, 11) is 0. The van der Waals surface area contributed by atoms with Crippen molar-refractivity contribution >= 4 is 27.5 Å². The number of aryl methyl sites for hydroxylation is 1. The first-order valence-corrected chi connectivity index (χ1v) is 8.40. The minimum Gasteiger partial charge on any atom is -0.228 e. The zero-order valence-corrected chi connectivity index (χ0v) is 15.2. The van der Waals surface area contributed by atoms with Gasteiger partial charge < -0.3 is 0 Å². The van der Waals surface area contributed by atoms with Crippen molar-refractivity contribution in [1.82, 2.24) is 9.97 Å². The molecular weight excluding hydrogens is 417 g/mol. The molecule has 25 heavy (non-hydrogen) atoms. The Morgan fingerprint density at radius 2 is 1.72 bits per heavy atom. The summed E-state index contributed by atoms with van der Waals surface area (Å²) in [6.07, 6.45) is -4.57. The average Bonchev–Trinajstić information content (AvgIpc) is 2.56. The van der Waals surface area contributed by atoms with Gasteiger partial charge in [0.1, 0.15) is 5.69 Å². The van der Waals surface area contributed by atoms with Crippen molar-refractivity contribution < 1.29 is 13.2 Å². The van der Waals surface area contributed by atoms with Gasteiger partial charge in [0.15, 0.2) is 5.82 Å². The number of aromatic nitrogens is 2. The van der Waals surface area contributed by atoms with Crippen LogP contribution in [0.1, 0.15) is 11.3 Å². The topological polar surface area (TPSA) is 25.8 Å². The first kappa shape index (κ1) is 17.9. The molecule has 0 spiro atoms. The summed E-state index contributed by atoms with van der Waals surface area (Å²) in [5, 5.41) is 0.543. The SMILES string of the molecule is Cc1cc(-c2cc(C(F)(F)F)nc(-c3cccc(Br)c3)n2)ccc1Cl. The number of hydrogen-bond donors (Lipinski definition) is 0. The van der Waals surface area contributed by atoms with Crippen molar-refractivity contribution in [2.45, 2.75) is 13.1 Å². The molecule has 0 radical (unpaired) electrons. The van der Waals surface area contributed by atoms with Crippen LogP contribution in [-0.2, 0) is 6.18 Å². The molecule has 0 amide bonds. The molecular formula is C18H11BrClF3N2. The summed E-state index contributed by atoms with van der Waals surface area (Å²) in [4.78, 5) is 8.02. The largest absolute Gasteiger partial charge is 0.433 e. The molecule has 0 atom stereocenters. The molecule has 0 saturated carbocycles. The minimum absolute atomic E-state index is 0.0127. The molecule has 0 unspecified atom stereocenters. The van der Waals surface area contributed by atoms with Gasteiger partial charge in [0, 0.05) is 20.6 Å². The lowest BCUT2D eigenvalue weighted by atomic mass is 10.1. The van der Waals surface area contributed by atoms with Crippen molar-refractivity contribution in [2.75, 3.05) is 0 Å². The molecule has 0 saturated heterocycles. The summed E-state index contributed by atoms with van der Waals surface area (Å²) >= 11 is 9.30. The second-order valence-corrected chi connectivity index (χ2v) is 6.76. The van der Waals surface area contributed by atoms with Gasteiger partial charge in [0.2, 0.25) is 0 Å². The smallest absolute Gasteiger partial charge is 0.228 e. The van der Waals surface area contributed by atoms with Gasteiger partial charge in [-0.1, -0.05) is 45.7 Å². The second-order valence-electron chi connectivity index (χ2n) is 5.43. The monoisotopic (exact) mass is 426 g/mol. The van der Waals surface area contributed by atoms with E-state index in [1.165, 1.54) is 0 Å². The Hall–Kier alpha value is -1.92. The molecule has 0 aliphatic rings. The van der Waals surface area contributed by atoms with E-state index in [9.17, 15) is 13.2 Å². The fraction of sp³-hybridized carbons (Fsp3) is 0.111. The molecule has 0 aliphatic carbocycles. The van der Waals surface area contributed by atoms with Gasteiger partial charge in [-0.3, -0.25) is 0 Å². The fourth-order valence-corrected chi connectivity index (χ4v) is 2.82. The Morgan fingerprint density at radius 3 is 2.36 bits per heavy atom. The quantitative estimate of drug-likeness (QED) is 0.463. The number of nitrogens with zero attached hydrogens (tertiary/aromatic N) is 2. The summed E-state index contributed by atoms with van der Waals surface area (Å²) in [6, 6.07) is 12.8. The maximum atomic E-state index is 13.3. The third kappa shape index (κ3) is 4.02. The Balaban J connectivity index is 2.21. The molecule has 0 bridgehead atoms. The van der Waals surface area contributed by atoms with Gasteiger partial charge in [-0.05, 0) is 42.8 Å². The predicted molar refractivity (Wildman–Crippen MR) is 95.4 cm³/mol. The molecule has 1 heterocycles. The van der Waals surface area contributed by atoms with E-state index in [-0.39, 0.29) is 11.5 Å². The van der Waals surface area contributed by atoms with E-state index in [1.807, 2.05) is 0 Å². The maximum absolute atomic E-state index is 13.3. The maximum Gasteiger partial charge on any atom is 0.433 e. The van der Waals surface area contributed by atoms with Crippen molar-refractivity contribution in [3.05, 3.63) is 69.3 Å². The second kappa shape index (κ2) is 6.77. The lowest BCUT2D eigenvalue weighted by Gasteiger charge is -2.12. The van der Waals surface area contributed by atoms with E-state index in [0.717, 1.165) is 16.1 Å². The first-order valence-electron chi connectivity index (χ1n) is 7.23. The lowest BCUT2D eigenvalue weighted by molar-refractivity contribution is -0.141. The Morgan fingerprint density at radius 1 is 0.960 bits per heavy atom. The van der Waals surface area contributed by atoms with Crippen LogP contribution in [0.25, 0.3) is 22.6 Å². The third-order valence-electron chi connectivity index (χ3n) is 3.55. The van der Waals surface area contributed by atoms with Crippen LogP contribution in [0.15, 0.2) is 53.0 Å². The van der Waals surface area contributed by atoms with E-state index >= 15 is 0 Å².